The summed E-state index contributed by atoms with van der Waals surface area (Å²) in [6.07, 6.45) is -4.60. The second kappa shape index (κ2) is 6.55. The molecule has 1 fully saturated rings. The first-order valence-corrected chi connectivity index (χ1v) is 7.15. The number of halogens is 4. The quantitative estimate of drug-likeness (QED) is 0.643. The minimum Gasteiger partial charge on any atom is -0.354 e. The highest BCUT2D eigenvalue weighted by molar-refractivity contribution is 5.94. The van der Waals surface area contributed by atoms with Gasteiger partial charge in [0.25, 0.3) is 5.91 Å². The van der Waals surface area contributed by atoms with Gasteiger partial charge in [-0.2, -0.15) is 13.2 Å². The van der Waals surface area contributed by atoms with Crippen LogP contribution in [0.4, 0.5) is 17.6 Å². The molecular weight excluding hydrogens is 316 g/mol. The van der Waals surface area contributed by atoms with E-state index in [9.17, 15) is 27.2 Å². The van der Waals surface area contributed by atoms with E-state index < -0.39 is 29.2 Å². The van der Waals surface area contributed by atoms with Crippen molar-refractivity contribution < 1.29 is 27.2 Å². The van der Waals surface area contributed by atoms with Crippen LogP contribution in [0, 0.1) is 11.2 Å². The van der Waals surface area contributed by atoms with Crippen molar-refractivity contribution in [3.8, 4) is 0 Å². The van der Waals surface area contributed by atoms with Crippen LogP contribution < -0.4 is 10.6 Å². The van der Waals surface area contributed by atoms with Crippen molar-refractivity contribution in [1.29, 1.82) is 0 Å². The molecule has 0 aliphatic heterocycles. The number of hydrogen-bond donors (Lipinski definition) is 2. The topological polar surface area (TPSA) is 58.2 Å². The van der Waals surface area contributed by atoms with E-state index in [1.54, 1.807) is 0 Å². The molecule has 1 aromatic rings. The molecule has 0 heterocycles. The lowest BCUT2D eigenvalue weighted by molar-refractivity contribution is -0.243. The average Bonchev–Trinajstić information content (AvgIpc) is 2.41. The molecule has 126 valence electrons. The zero-order chi connectivity index (χ0) is 17.1. The summed E-state index contributed by atoms with van der Waals surface area (Å²) in [5.74, 6) is -2.02. The monoisotopic (exact) mass is 332 g/mol. The minimum absolute atomic E-state index is 0.0180. The molecule has 1 aromatic carbocycles. The molecule has 0 saturated heterocycles. The van der Waals surface area contributed by atoms with Gasteiger partial charge >= 0.3 is 6.18 Å². The van der Waals surface area contributed by atoms with Gasteiger partial charge in [0.1, 0.15) is 11.2 Å². The molecule has 0 spiro atoms. The summed E-state index contributed by atoms with van der Waals surface area (Å²) in [6.45, 7) is -0.126. The predicted molar refractivity (Wildman–Crippen MR) is 74.1 cm³/mol. The normalized spacial score (nSPS) is 16.3. The Kier molecular flexibility index (Phi) is 4.91. The molecule has 0 bridgehead atoms. The van der Waals surface area contributed by atoms with E-state index in [0.717, 1.165) is 12.1 Å². The highest BCUT2D eigenvalue weighted by Gasteiger charge is 2.63. The summed E-state index contributed by atoms with van der Waals surface area (Å²) >= 11 is 0. The largest absolute Gasteiger partial charge is 0.403 e. The van der Waals surface area contributed by atoms with Crippen LogP contribution in [0.25, 0.3) is 0 Å². The Labute approximate surface area is 130 Å². The van der Waals surface area contributed by atoms with E-state index in [1.807, 2.05) is 0 Å². The Bertz CT molecular complexity index is 580. The standard InChI is InChI=1S/C15H16F4N2O2/c16-11-4-2-10(3-5-11)12(22)20-8-9-21-13(23)14(6-1-7-14)15(17,18)19/h2-5H,1,6-9H2,(H,20,22)(H,21,23). The Hall–Kier alpha value is -2.12. The van der Waals surface area contributed by atoms with Crippen molar-refractivity contribution in [2.75, 3.05) is 13.1 Å². The highest BCUT2D eigenvalue weighted by atomic mass is 19.4. The maximum atomic E-state index is 12.9. The SMILES string of the molecule is O=C(NCCNC(=O)C1(C(F)(F)F)CCC1)c1ccc(F)cc1. The predicted octanol–water partition coefficient (Wildman–Crippen LogP) is 2.40. The van der Waals surface area contributed by atoms with Crippen LogP contribution in [0.5, 0.6) is 0 Å². The number of amides is 2. The number of hydrogen-bond acceptors (Lipinski definition) is 2. The molecular formula is C15H16F4N2O2. The maximum Gasteiger partial charge on any atom is 0.403 e. The van der Waals surface area contributed by atoms with Gasteiger partial charge in [-0.05, 0) is 37.1 Å². The van der Waals surface area contributed by atoms with E-state index in [4.69, 9.17) is 0 Å². The van der Waals surface area contributed by atoms with Crippen molar-refractivity contribution in [3.63, 3.8) is 0 Å². The first-order valence-electron chi connectivity index (χ1n) is 7.15. The fourth-order valence-corrected chi connectivity index (χ4v) is 2.39. The van der Waals surface area contributed by atoms with Crippen LogP contribution in [0.15, 0.2) is 24.3 Å². The molecule has 1 aliphatic rings. The molecule has 0 unspecified atom stereocenters. The van der Waals surface area contributed by atoms with Crippen LogP contribution in [-0.2, 0) is 4.79 Å². The van der Waals surface area contributed by atoms with E-state index in [1.165, 1.54) is 12.1 Å². The van der Waals surface area contributed by atoms with Crippen LogP contribution >= 0.6 is 0 Å². The number of alkyl halides is 3. The summed E-state index contributed by atoms with van der Waals surface area (Å²) in [6, 6.07) is 4.83. The molecule has 0 radical (unpaired) electrons. The average molecular weight is 332 g/mol. The van der Waals surface area contributed by atoms with Crippen LogP contribution in [0.3, 0.4) is 0 Å². The lowest BCUT2D eigenvalue weighted by atomic mass is 9.67. The first kappa shape index (κ1) is 17.2. The van der Waals surface area contributed by atoms with E-state index in [0.29, 0.717) is 6.42 Å². The maximum absolute atomic E-state index is 12.9. The van der Waals surface area contributed by atoms with Crippen LogP contribution in [0.2, 0.25) is 0 Å². The van der Waals surface area contributed by atoms with Crippen molar-refractivity contribution in [1.82, 2.24) is 10.6 Å². The Balaban J connectivity index is 1.78. The number of carbonyl (C=O) groups excluding carboxylic acids is 2. The van der Waals surface area contributed by atoms with Crippen molar-refractivity contribution in [2.45, 2.75) is 25.4 Å². The lowest BCUT2D eigenvalue weighted by Crippen LogP contribution is -2.55. The third-order valence-corrected chi connectivity index (χ3v) is 3.99. The van der Waals surface area contributed by atoms with E-state index in [2.05, 4.69) is 10.6 Å². The molecule has 8 heteroatoms. The molecule has 2 N–H and O–H groups in total. The summed E-state index contributed by atoms with van der Waals surface area (Å²) in [5, 5.41) is 4.66. The molecule has 2 amide bonds. The molecule has 1 saturated carbocycles. The zero-order valence-electron chi connectivity index (χ0n) is 12.2. The fourth-order valence-electron chi connectivity index (χ4n) is 2.39. The zero-order valence-corrected chi connectivity index (χ0v) is 12.2. The Morgan fingerprint density at radius 1 is 1.04 bits per heavy atom. The van der Waals surface area contributed by atoms with Gasteiger partial charge in [-0.25, -0.2) is 4.39 Å². The summed E-state index contributed by atoms with van der Waals surface area (Å²) in [5.41, 5.74) is -2.06. The third kappa shape index (κ3) is 3.62. The molecule has 2 rings (SSSR count). The first-order chi connectivity index (χ1) is 10.8. The summed E-state index contributed by atoms with van der Waals surface area (Å²) < 4.78 is 51.5. The number of benzene rings is 1. The van der Waals surface area contributed by atoms with Gasteiger partial charge in [0.2, 0.25) is 5.91 Å². The highest BCUT2D eigenvalue weighted by Crippen LogP contribution is 2.53. The third-order valence-electron chi connectivity index (χ3n) is 3.99. The van der Waals surface area contributed by atoms with Gasteiger partial charge in [0.05, 0.1) is 0 Å². The number of nitrogens with one attached hydrogen (secondary N) is 2. The minimum atomic E-state index is -4.56. The van der Waals surface area contributed by atoms with Gasteiger partial charge in [0, 0.05) is 18.7 Å². The summed E-state index contributed by atoms with van der Waals surface area (Å²) in [4.78, 5) is 23.5. The molecule has 0 atom stereocenters. The van der Waals surface area contributed by atoms with E-state index in [-0.39, 0.29) is 31.5 Å². The van der Waals surface area contributed by atoms with Gasteiger partial charge < -0.3 is 10.6 Å². The molecule has 4 nitrogen and oxygen atoms in total. The number of rotatable bonds is 5. The van der Waals surface area contributed by atoms with Crippen molar-refractivity contribution in [3.05, 3.63) is 35.6 Å². The van der Waals surface area contributed by atoms with E-state index >= 15 is 0 Å². The molecule has 0 aromatic heterocycles. The van der Waals surface area contributed by atoms with Gasteiger partial charge in [-0.3, -0.25) is 9.59 Å². The fraction of sp³-hybridized carbons (Fsp3) is 0.467. The van der Waals surface area contributed by atoms with Gasteiger partial charge in [-0.1, -0.05) is 6.42 Å². The summed E-state index contributed by atoms with van der Waals surface area (Å²) in [7, 11) is 0. The lowest BCUT2D eigenvalue weighted by Gasteiger charge is -2.41. The van der Waals surface area contributed by atoms with Gasteiger partial charge in [-0.15, -0.1) is 0 Å². The molecule has 23 heavy (non-hydrogen) atoms. The van der Waals surface area contributed by atoms with Crippen LogP contribution in [-0.4, -0.2) is 31.1 Å². The smallest absolute Gasteiger partial charge is 0.354 e. The van der Waals surface area contributed by atoms with Crippen molar-refractivity contribution in [2.24, 2.45) is 5.41 Å². The second-order valence-electron chi connectivity index (χ2n) is 5.45. The Morgan fingerprint density at radius 2 is 1.61 bits per heavy atom. The number of carbonyl (C=O) groups is 2. The van der Waals surface area contributed by atoms with Crippen LogP contribution in [0.1, 0.15) is 29.6 Å². The molecule has 1 aliphatic carbocycles. The van der Waals surface area contributed by atoms with Gasteiger partial charge in [0.15, 0.2) is 0 Å². The second-order valence-corrected chi connectivity index (χ2v) is 5.45. The van der Waals surface area contributed by atoms with Crippen molar-refractivity contribution >= 4 is 11.8 Å². The Morgan fingerprint density at radius 3 is 2.09 bits per heavy atom.